The lowest BCUT2D eigenvalue weighted by Gasteiger charge is -2.47. The van der Waals surface area contributed by atoms with Gasteiger partial charge in [0.1, 0.15) is 0 Å². The Morgan fingerprint density at radius 1 is 1.48 bits per heavy atom. The molecule has 0 radical (unpaired) electrons. The van der Waals surface area contributed by atoms with Crippen LogP contribution < -0.4 is 0 Å². The predicted molar refractivity (Wildman–Crippen MR) is 109 cm³/mol. The van der Waals surface area contributed by atoms with Crippen LogP contribution >= 0.6 is 22.6 Å². The summed E-state index contributed by atoms with van der Waals surface area (Å²) in [6.07, 6.45) is 14.1. The summed E-state index contributed by atoms with van der Waals surface area (Å²) in [4.78, 5) is 0. The second-order valence-electron chi connectivity index (χ2n) is 9.15. The van der Waals surface area contributed by atoms with Gasteiger partial charge in [-0.1, -0.05) is 80.9 Å². The number of hydrogen-bond donors (Lipinski definition) is 1. The fourth-order valence-electron chi connectivity index (χ4n) is 4.75. The molecule has 2 aliphatic rings. The minimum Gasteiger partial charge on any atom is -0.388 e. The van der Waals surface area contributed by atoms with Crippen molar-refractivity contribution in [2.24, 2.45) is 16.7 Å². The maximum atomic E-state index is 10.1. The Kier molecular flexibility index (Phi) is 6.10. The van der Waals surface area contributed by atoms with Gasteiger partial charge in [-0.05, 0) is 55.3 Å². The van der Waals surface area contributed by atoms with Crippen molar-refractivity contribution in [3.63, 3.8) is 0 Å². The number of hydrogen-bond acceptors (Lipinski definition) is 1. The van der Waals surface area contributed by atoms with Crippen molar-refractivity contribution in [2.45, 2.75) is 88.6 Å². The third-order valence-electron chi connectivity index (χ3n) is 6.41. The van der Waals surface area contributed by atoms with Gasteiger partial charge in [-0.3, -0.25) is 0 Å². The van der Waals surface area contributed by atoms with E-state index in [1.807, 2.05) is 0 Å². The molecule has 2 heteroatoms. The summed E-state index contributed by atoms with van der Waals surface area (Å²) in [5.41, 5.74) is 2.10. The van der Waals surface area contributed by atoms with Gasteiger partial charge in [0.05, 0.1) is 6.10 Å². The largest absolute Gasteiger partial charge is 0.388 e. The first-order valence-electron chi connectivity index (χ1n) is 9.30. The van der Waals surface area contributed by atoms with Gasteiger partial charge in [0.2, 0.25) is 0 Å². The molecule has 0 aromatic heterocycles. The zero-order chi connectivity index (χ0) is 17.3. The maximum Gasteiger partial charge on any atom is 0.0769 e. The van der Waals surface area contributed by atoms with E-state index < -0.39 is 6.10 Å². The molecule has 23 heavy (non-hydrogen) atoms. The fraction of sp³-hybridized carbons (Fsp3) is 0.810. The van der Waals surface area contributed by atoms with Crippen LogP contribution in [0.3, 0.4) is 0 Å². The first-order valence-corrected chi connectivity index (χ1v) is 10.4. The quantitative estimate of drug-likeness (QED) is 0.292. The first-order chi connectivity index (χ1) is 10.6. The lowest BCUT2D eigenvalue weighted by molar-refractivity contribution is 0.0773. The summed E-state index contributed by atoms with van der Waals surface area (Å²) < 4.78 is 0.459. The molecule has 0 saturated heterocycles. The lowest BCUT2D eigenvalue weighted by atomic mass is 9.60. The Hall–Kier alpha value is 0.170. The van der Waals surface area contributed by atoms with Gasteiger partial charge in [-0.25, -0.2) is 0 Å². The van der Waals surface area contributed by atoms with Gasteiger partial charge in [-0.2, -0.15) is 0 Å². The molecule has 2 rings (SSSR count). The van der Waals surface area contributed by atoms with E-state index in [9.17, 15) is 5.11 Å². The summed E-state index contributed by atoms with van der Waals surface area (Å²) in [5.74, 6) is 0.816. The van der Waals surface area contributed by atoms with E-state index in [0.717, 1.165) is 12.3 Å². The third-order valence-corrected chi connectivity index (χ3v) is 7.29. The standard InChI is InChI=1S/C21H35IO/c1-6-18(23)19(2,3)11-8-13-20(4)12-7-9-16-15-21(5,22)14-10-17(16)20/h6,10,16,18,23H,1,7-9,11-15H2,2-5H3/t16?,18?,20-,21-/m0/s1. The molecule has 1 nitrogen and oxygen atoms in total. The minimum absolute atomic E-state index is 0.0616. The Balaban J connectivity index is 2.01. The smallest absolute Gasteiger partial charge is 0.0769 e. The topological polar surface area (TPSA) is 20.2 Å². The van der Waals surface area contributed by atoms with Crippen LogP contribution in [0.2, 0.25) is 0 Å². The zero-order valence-electron chi connectivity index (χ0n) is 15.5. The van der Waals surface area contributed by atoms with E-state index in [-0.39, 0.29) is 5.41 Å². The SMILES string of the molecule is C=CC(O)C(C)(C)CCC[C@]1(C)CCCC2C[C@@](C)(I)CC=C21. The van der Waals surface area contributed by atoms with E-state index in [0.29, 0.717) is 8.84 Å². The highest BCUT2D eigenvalue weighted by Crippen LogP contribution is 2.53. The number of aliphatic hydroxyl groups is 1. The van der Waals surface area contributed by atoms with Crippen LogP contribution in [0, 0.1) is 16.7 Å². The van der Waals surface area contributed by atoms with E-state index in [2.05, 4.69) is 62.9 Å². The van der Waals surface area contributed by atoms with Gasteiger partial charge < -0.3 is 5.11 Å². The van der Waals surface area contributed by atoms with Gasteiger partial charge in [0, 0.05) is 3.42 Å². The van der Waals surface area contributed by atoms with E-state index in [1.165, 1.54) is 44.9 Å². The van der Waals surface area contributed by atoms with Gasteiger partial charge in [0.15, 0.2) is 0 Å². The van der Waals surface area contributed by atoms with Crippen LogP contribution in [0.4, 0.5) is 0 Å². The molecular weight excluding hydrogens is 395 g/mol. The molecule has 132 valence electrons. The van der Waals surface area contributed by atoms with E-state index >= 15 is 0 Å². The van der Waals surface area contributed by atoms with E-state index in [1.54, 1.807) is 11.6 Å². The van der Waals surface area contributed by atoms with Crippen LogP contribution in [-0.4, -0.2) is 14.6 Å². The van der Waals surface area contributed by atoms with Gasteiger partial charge in [0.25, 0.3) is 0 Å². The Bertz CT molecular complexity index is 462. The van der Waals surface area contributed by atoms with Gasteiger partial charge in [-0.15, -0.1) is 6.58 Å². The zero-order valence-corrected chi connectivity index (χ0v) is 17.7. The van der Waals surface area contributed by atoms with Crippen molar-refractivity contribution in [3.05, 3.63) is 24.3 Å². The molecule has 0 amide bonds. The van der Waals surface area contributed by atoms with Crippen molar-refractivity contribution < 1.29 is 5.11 Å². The predicted octanol–water partition coefficient (Wildman–Crippen LogP) is 6.45. The summed E-state index contributed by atoms with van der Waals surface area (Å²) in [6.45, 7) is 13.0. The number of halogens is 1. The molecule has 0 aromatic rings. The molecule has 0 heterocycles. The number of alkyl halides is 1. The fourth-order valence-corrected chi connectivity index (χ4v) is 5.50. The molecular formula is C21H35IO. The molecule has 4 atom stereocenters. The summed E-state index contributed by atoms with van der Waals surface area (Å²) in [6, 6.07) is 0. The summed E-state index contributed by atoms with van der Waals surface area (Å²) in [5, 5.41) is 10.1. The van der Waals surface area contributed by atoms with E-state index in [4.69, 9.17) is 0 Å². The van der Waals surface area contributed by atoms with Crippen molar-refractivity contribution >= 4 is 22.6 Å². The molecule has 0 aliphatic heterocycles. The second-order valence-corrected chi connectivity index (χ2v) is 11.8. The average molecular weight is 430 g/mol. The number of allylic oxidation sites excluding steroid dienone is 2. The first kappa shape index (κ1) is 19.5. The number of fused-ring (bicyclic) bond motifs is 1. The molecule has 1 saturated carbocycles. The molecule has 2 aliphatic carbocycles. The Labute approximate surface area is 157 Å². The Morgan fingerprint density at radius 2 is 2.17 bits per heavy atom. The number of aliphatic hydroxyl groups excluding tert-OH is 1. The summed E-state index contributed by atoms with van der Waals surface area (Å²) >= 11 is 2.66. The van der Waals surface area contributed by atoms with Crippen molar-refractivity contribution in [1.29, 1.82) is 0 Å². The molecule has 2 unspecified atom stereocenters. The van der Waals surface area contributed by atoms with Crippen LogP contribution in [0.1, 0.15) is 79.1 Å². The van der Waals surface area contributed by atoms with Crippen molar-refractivity contribution in [2.75, 3.05) is 0 Å². The second kappa shape index (κ2) is 7.19. The van der Waals surface area contributed by atoms with Crippen molar-refractivity contribution in [3.8, 4) is 0 Å². The highest BCUT2D eigenvalue weighted by atomic mass is 127. The molecule has 0 aromatic carbocycles. The highest BCUT2D eigenvalue weighted by molar-refractivity contribution is 14.1. The van der Waals surface area contributed by atoms with Crippen LogP contribution in [0.5, 0.6) is 0 Å². The van der Waals surface area contributed by atoms with Crippen LogP contribution in [0.15, 0.2) is 24.3 Å². The normalized spacial score (nSPS) is 36.1. The molecule has 0 bridgehead atoms. The van der Waals surface area contributed by atoms with Crippen LogP contribution in [-0.2, 0) is 0 Å². The van der Waals surface area contributed by atoms with Gasteiger partial charge >= 0.3 is 0 Å². The van der Waals surface area contributed by atoms with Crippen molar-refractivity contribution in [1.82, 2.24) is 0 Å². The molecule has 1 N–H and O–H groups in total. The average Bonchev–Trinajstić information content (AvgIpc) is 2.44. The monoisotopic (exact) mass is 430 g/mol. The van der Waals surface area contributed by atoms with Crippen LogP contribution in [0.25, 0.3) is 0 Å². The summed E-state index contributed by atoms with van der Waals surface area (Å²) in [7, 11) is 0. The highest BCUT2D eigenvalue weighted by Gasteiger charge is 2.41. The lowest BCUT2D eigenvalue weighted by Crippen LogP contribution is -2.36. The maximum absolute atomic E-state index is 10.1. The molecule has 1 fully saturated rings. The third kappa shape index (κ3) is 4.62. The minimum atomic E-state index is -0.400. The number of rotatable bonds is 6. The molecule has 0 spiro atoms. The Morgan fingerprint density at radius 3 is 2.83 bits per heavy atom.